The lowest BCUT2D eigenvalue weighted by Crippen LogP contribution is -2.49. The number of primary amides is 1. The molecule has 0 saturated carbocycles. The molecule has 2 amide bonds. The van der Waals surface area contributed by atoms with Gasteiger partial charge in [0.15, 0.2) is 0 Å². The minimum atomic E-state index is -0.375. The quantitative estimate of drug-likeness (QED) is 0.803. The molecule has 0 unspecified atom stereocenters. The summed E-state index contributed by atoms with van der Waals surface area (Å²) in [5, 5.41) is 8.80. The minimum absolute atomic E-state index is 0.375. The van der Waals surface area contributed by atoms with Crippen LogP contribution in [-0.2, 0) is 6.42 Å². The minimum Gasteiger partial charge on any atom is -0.350 e. The second-order valence-electron chi connectivity index (χ2n) is 3.68. The second kappa shape index (κ2) is 5.29. The fourth-order valence-electron chi connectivity index (χ4n) is 1.76. The molecule has 0 bridgehead atoms. The van der Waals surface area contributed by atoms with Crippen LogP contribution >= 0.6 is 11.3 Å². The zero-order valence-electron chi connectivity index (χ0n) is 9.06. The SMILES string of the molecule is NC(=O)N(CCc1cccs1)N1CCNC1. The average molecular weight is 240 g/mol. The van der Waals surface area contributed by atoms with E-state index in [4.69, 9.17) is 5.73 Å². The molecule has 88 valence electrons. The molecule has 2 heterocycles. The Morgan fingerprint density at radius 3 is 3.12 bits per heavy atom. The van der Waals surface area contributed by atoms with Crippen molar-refractivity contribution in [3.63, 3.8) is 0 Å². The number of nitrogens with one attached hydrogen (secondary N) is 1. The van der Waals surface area contributed by atoms with Crippen LogP contribution in [0.5, 0.6) is 0 Å². The molecule has 2 rings (SSSR count). The maximum atomic E-state index is 11.3. The third-order valence-corrected chi connectivity index (χ3v) is 3.52. The van der Waals surface area contributed by atoms with Crippen LogP contribution in [0.25, 0.3) is 0 Å². The summed E-state index contributed by atoms with van der Waals surface area (Å²) < 4.78 is 0. The molecule has 0 radical (unpaired) electrons. The molecular formula is C10H16N4OS. The number of hydrogen-bond donors (Lipinski definition) is 2. The summed E-state index contributed by atoms with van der Waals surface area (Å²) in [6.45, 7) is 3.10. The van der Waals surface area contributed by atoms with Crippen molar-refractivity contribution < 1.29 is 4.79 Å². The summed E-state index contributed by atoms with van der Waals surface area (Å²) in [6.07, 6.45) is 0.858. The van der Waals surface area contributed by atoms with Gasteiger partial charge in [0.1, 0.15) is 0 Å². The number of nitrogens with two attached hydrogens (primary N) is 1. The van der Waals surface area contributed by atoms with Gasteiger partial charge in [-0.25, -0.2) is 9.80 Å². The van der Waals surface area contributed by atoms with Crippen LogP contribution in [0, 0.1) is 0 Å². The maximum absolute atomic E-state index is 11.3. The van der Waals surface area contributed by atoms with Gasteiger partial charge in [-0.1, -0.05) is 6.07 Å². The number of rotatable bonds is 4. The van der Waals surface area contributed by atoms with Crippen LogP contribution in [0.2, 0.25) is 0 Å². The summed E-state index contributed by atoms with van der Waals surface area (Å²) >= 11 is 1.71. The first-order valence-electron chi connectivity index (χ1n) is 5.32. The van der Waals surface area contributed by atoms with Gasteiger partial charge in [-0.3, -0.25) is 5.01 Å². The Labute approximate surface area is 98.8 Å². The zero-order valence-corrected chi connectivity index (χ0v) is 9.87. The Bertz CT molecular complexity index is 335. The molecule has 1 aliphatic rings. The van der Waals surface area contributed by atoms with Crippen molar-refractivity contribution in [1.82, 2.24) is 15.3 Å². The highest BCUT2D eigenvalue weighted by Crippen LogP contribution is 2.11. The molecule has 5 nitrogen and oxygen atoms in total. The molecular weight excluding hydrogens is 224 g/mol. The number of urea groups is 1. The van der Waals surface area contributed by atoms with Crippen molar-refractivity contribution in [3.05, 3.63) is 22.4 Å². The van der Waals surface area contributed by atoms with Crippen molar-refractivity contribution in [2.45, 2.75) is 6.42 Å². The zero-order chi connectivity index (χ0) is 11.4. The third-order valence-electron chi connectivity index (χ3n) is 2.59. The van der Waals surface area contributed by atoms with Gasteiger partial charge in [0, 0.05) is 30.9 Å². The maximum Gasteiger partial charge on any atom is 0.329 e. The first-order valence-corrected chi connectivity index (χ1v) is 6.20. The van der Waals surface area contributed by atoms with Crippen LogP contribution in [0.3, 0.4) is 0 Å². The van der Waals surface area contributed by atoms with Crippen LogP contribution in [0.1, 0.15) is 4.88 Å². The number of carbonyl (C=O) groups is 1. The number of carbonyl (C=O) groups excluding carboxylic acids is 1. The van der Waals surface area contributed by atoms with Gasteiger partial charge < -0.3 is 11.1 Å². The van der Waals surface area contributed by atoms with Gasteiger partial charge in [-0.15, -0.1) is 11.3 Å². The van der Waals surface area contributed by atoms with Gasteiger partial charge in [0.05, 0.1) is 6.67 Å². The van der Waals surface area contributed by atoms with E-state index >= 15 is 0 Å². The second-order valence-corrected chi connectivity index (χ2v) is 4.71. The molecule has 0 atom stereocenters. The van der Waals surface area contributed by atoms with Gasteiger partial charge in [0.25, 0.3) is 0 Å². The standard InChI is InChI=1S/C10H16N4OS/c11-10(15)14(13-6-4-12-8-13)5-3-9-2-1-7-16-9/h1-2,7,12H,3-6,8H2,(H2,11,15). The Kier molecular flexibility index (Phi) is 3.76. The van der Waals surface area contributed by atoms with E-state index in [0.29, 0.717) is 13.2 Å². The molecule has 3 N–H and O–H groups in total. The van der Waals surface area contributed by atoms with Crippen LogP contribution in [-0.4, -0.2) is 42.4 Å². The average Bonchev–Trinajstić information content (AvgIpc) is 2.88. The van der Waals surface area contributed by atoms with E-state index < -0.39 is 0 Å². The van der Waals surface area contributed by atoms with Crippen LogP contribution < -0.4 is 11.1 Å². The summed E-state index contributed by atoms with van der Waals surface area (Å²) in [4.78, 5) is 12.6. The first kappa shape index (κ1) is 11.4. The lowest BCUT2D eigenvalue weighted by Gasteiger charge is -2.29. The highest BCUT2D eigenvalue weighted by molar-refractivity contribution is 7.09. The normalized spacial score (nSPS) is 16.5. The third kappa shape index (κ3) is 2.72. The molecule has 1 aromatic heterocycles. The van der Waals surface area contributed by atoms with Gasteiger partial charge in [-0.05, 0) is 11.4 Å². The Balaban J connectivity index is 1.90. The molecule has 1 fully saturated rings. The first-order chi connectivity index (χ1) is 7.77. The van der Waals surface area contributed by atoms with Gasteiger partial charge >= 0.3 is 6.03 Å². The van der Waals surface area contributed by atoms with Crippen molar-refractivity contribution in [2.24, 2.45) is 5.73 Å². The molecule has 1 aliphatic heterocycles. The number of thiophene rings is 1. The van der Waals surface area contributed by atoms with Crippen molar-refractivity contribution in [2.75, 3.05) is 26.3 Å². The van der Waals surface area contributed by atoms with E-state index in [0.717, 1.165) is 19.5 Å². The fraction of sp³-hybridized carbons (Fsp3) is 0.500. The van der Waals surface area contributed by atoms with Gasteiger partial charge in [0.2, 0.25) is 0 Å². The largest absolute Gasteiger partial charge is 0.350 e. The van der Waals surface area contributed by atoms with E-state index in [1.54, 1.807) is 16.3 Å². The highest BCUT2D eigenvalue weighted by Gasteiger charge is 2.21. The fourth-order valence-corrected chi connectivity index (χ4v) is 2.46. The molecule has 1 saturated heterocycles. The Morgan fingerprint density at radius 1 is 1.69 bits per heavy atom. The van der Waals surface area contributed by atoms with Crippen molar-refractivity contribution in [1.29, 1.82) is 0 Å². The summed E-state index contributed by atoms with van der Waals surface area (Å²) in [7, 11) is 0. The van der Waals surface area contributed by atoms with Gasteiger partial charge in [-0.2, -0.15) is 0 Å². The molecule has 0 aromatic carbocycles. The van der Waals surface area contributed by atoms with Crippen molar-refractivity contribution >= 4 is 17.4 Å². The Hall–Kier alpha value is -1.11. The highest BCUT2D eigenvalue weighted by atomic mass is 32.1. The number of hydrogen-bond acceptors (Lipinski definition) is 4. The predicted molar refractivity (Wildman–Crippen MR) is 63.9 cm³/mol. The lowest BCUT2D eigenvalue weighted by molar-refractivity contribution is 0.0407. The predicted octanol–water partition coefficient (Wildman–Crippen LogP) is 0.449. The molecule has 16 heavy (non-hydrogen) atoms. The van der Waals surface area contributed by atoms with E-state index in [2.05, 4.69) is 11.4 Å². The van der Waals surface area contributed by atoms with E-state index in [1.807, 2.05) is 16.5 Å². The van der Waals surface area contributed by atoms with E-state index in [-0.39, 0.29) is 6.03 Å². The summed E-state index contributed by atoms with van der Waals surface area (Å²) in [5.41, 5.74) is 5.38. The summed E-state index contributed by atoms with van der Waals surface area (Å²) in [6, 6.07) is 3.72. The van der Waals surface area contributed by atoms with Crippen molar-refractivity contribution in [3.8, 4) is 0 Å². The lowest BCUT2D eigenvalue weighted by atomic mass is 10.3. The Morgan fingerprint density at radius 2 is 2.56 bits per heavy atom. The van der Waals surface area contributed by atoms with E-state index in [1.165, 1.54) is 4.88 Å². The molecule has 0 aliphatic carbocycles. The topological polar surface area (TPSA) is 61.6 Å². The number of amides is 2. The molecule has 0 spiro atoms. The molecule has 6 heteroatoms. The van der Waals surface area contributed by atoms with Crippen LogP contribution in [0.15, 0.2) is 17.5 Å². The van der Waals surface area contributed by atoms with Crippen LogP contribution in [0.4, 0.5) is 4.79 Å². The summed E-state index contributed by atoms with van der Waals surface area (Å²) in [5.74, 6) is 0. The monoisotopic (exact) mass is 240 g/mol. The smallest absolute Gasteiger partial charge is 0.329 e. The number of hydrazine groups is 1. The molecule has 1 aromatic rings. The van der Waals surface area contributed by atoms with E-state index in [9.17, 15) is 4.79 Å². The number of nitrogens with zero attached hydrogens (tertiary/aromatic N) is 2.